The Morgan fingerprint density at radius 2 is 1.96 bits per heavy atom. The number of nitrogens with zero attached hydrogens (tertiary/aromatic N) is 1. The van der Waals surface area contributed by atoms with Crippen LogP contribution in [0.15, 0.2) is 48.5 Å². The van der Waals surface area contributed by atoms with E-state index in [9.17, 15) is 9.59 Å². The lowest BCUT2D eigenvalue weighted by Gasteiger charge is -2.28. The van der Waals surface area contributed by atoms with Gasteiger partial charge in [-0.15, -0.1) is 0 Å². The average molecular weight is 376 g/mol. The zero-order chi connectivity index (χ0) is 19.7. The number of aromatic amines is 1. The molecule has 28 heavy (non-hydrogen) atoms. The highest BCUT2D eigenvalue weighted by molar-refractivity contribution is 5.96. The summed E-state index contributed by atoms with van der Waals surface area (Å²) in [6.45, 7) is 3.38. The molecule has 1 unspecified atom stereocenters. The Morgan fingerprint density at radius 3 is 2.71 bits per heavy atom. The van der Waals surface area contributed by atoms with E-state index >= 15 is 0 Å². The molecule has 0 spiro atoms. The van der Waals surface area contributed by atoms with Crippen LogP contribution in [0, 0.1) is 0 Å². The van der Waals surface area contributed by atoms with Crippen molar-refractivity contribution in [1.82, 2.24) is 9.88 Å². The van der Waals surface area contributed by atoms with Crippen molar-refractivity contribution in [2.24, 2.45) is 0 Å². The number of benzene rings is 2. The van der Waals surface area contributed by atoms with E-state index in [2.05, 4.69) is 24.0 Å². The van der Waals surface area contributed by atoms with E-state index in [-0.39, 0.29) is 17.8 Å². The van der Waals surface area contributed by atoms with Crippen LogP contribution in [-0.2, 0) is 22.5 Å². The minimum Gasteiger partial charge on any atom is -0.465 e. The number of H-pyrrole nitrogens is 1. The molecule has 144 valence electrons. The molecule has 0 saturated carbocycles. The molecule has 1 aromatic heterocycles. The highest BCUT2D eigenvalue weighted by Crippen LogP contribution is 2.30. The van der Waals surface area contributed by atoms with Gasteiger partial charge in [-0.2, -0.15) is 0 Å². The number of aromatic nitrogens is 1. The Balaban J connectivity index is 1.55. The van der Waals surface area contributed by atoms with Crippen molar-refractivity contribution < 1.29 is 14.3 Å². The van der Waals surface area contributed by atoms with Crippen LogP contribution < -0.4 is 0 Å². The molecule has 3 aromatic rings. The standard InChI is InChI=1S/C23H24N2O3/c1-15(16-6-4-3-5-7-16)12-22(26)25-11-10-21-19(14-25)18-13-17(23(27)28-2)8-9-20(18)24-21/h3-9,13,15,24H,10-12,14H2,1-2H3. The maximum atomic E-state index is 12.9. The van der Waals surface area contributed by atoms with Gasteiger partial charge in [-0.1, -0.05) is 37.3 Å². The number of fused-ring (bicyclic) bond motifs is 3. The highest BCUT2D eigenvalue weighted by atomic mass is 16.5. The van der Waals surface area contributed by atoms with Crippen LogP contribution in [-0.4, -0.2) is 35.4 Å². The number of esters is 1. The first kappa shape index (κ1) is 18.3. The fourth-order valence-corrected chi connectivity index (χ4v) is 3.96. The van der Waals surface area contributed by atoms with Gasteiger partial charge in [-0.25, -0.2) is 4.79 Å². The van der Waals surface area contributed by atoms with Crippen molar-refractivity contribution >= 4 is 22.8 Å². The summed E-state index contributed by atoms with van der Waals surface area (Å²) in [6.07, 6.45) is 1.29. The van der Waals surface area contributed by atoms with Gasteiger partial charge in [0, 0.05) is 48.1 Å². The molecule has 1 atom stereocenters. The van der Waals surface area contributed by atoms with E-state index in [1.807, 2.05) is 35.2 Å². The summed E-state index contributed by atoms with van der Waals surface area (Å²) in [5.74, 6) is 0.00162. The number of ether oxygens (including phenoxy) is 1. The van der Waals surface area contributed by atoms with Gasteiger partial charge in [-0.3, -0.25) is 4.79 Å². The molecular weight excluding hydrogens is 352 g/mol. The van der Waals surface area contributed by atoms with Crippen LogP contribution in [0.3, 0.4) is 0 Å². The Bertz CT molecular complexity index is 1020. The molecule has 0 saturated heterocycles. The van der Waals surface area contributed by atoms with Crippen LogP contribution in [0.25, 0.3) is 10.9 Å². The first-order valence-corrected chi connectivity index (χ1v) is 9.61. The lowest BCUT2D eigenvalue weighted by molar-refractivity contribution is -0.132. The number of amides is 1. The van der Waals surface area contributed by atoms with Gasteiger partial charge in [-0.05, 0) is 29.7 Å². The van der Waals surface area contributed by atoms with Gasteiger partial charge in [0.2, 0.25) is 5.91 Å². The monoisotopic (exact) mass is 376 g/mol. The van der Waals surface area contributed by atoms with Gasteiger partial charge in [0.1, 0.15) is 0 Å². The number of rotatable bonds is 4. The largest absolute Gasteiger partial charge is 0.465 e. The summed E-state index contributed by atoms with van der Waals surface area (Å²) in [5.41, 5.74) is 4.95. The lowest BCUT2D eigenvalue weighted by atomic mass is 9.96. The van der Waals surface area contributed by atoms with Gasteiger partial charge in [0.15, 0.2) is 0 Å². The summed E-state index contributed by atoms with van der Waals surface area (Å²) >= 11 is 0. The second-order valence-corrected chi connectivity index (χ2v) is 7.42. The molecule has 4 rings (SSSR count). The normalized spacial score (nSPS) is 14.6. The fourth-order valence-electron chi connectivity index (χ4n) is 3.96. The van der Waals surface area contributed by atoms with E-state index in [1.165, 1.54) is 12.7 Å². The van der Waals surface area contributed by atoms with Crippen LogP contribution in [0.1, 0.15) is 46.4 Å². The smallest absolute Gasteiger partial charge is 0.337 e. The van der Waals surface area contributed by atoms with Gasteiger partial charge >= 0.3 is 5.97 Å². The predicted octanol–water partition coefficient (Wildman–Crippen LogP) is 4.03. The molecule has 5 heteroatoms. The third-order valence-corrected chi connectivity index (χ3v) is 5.60. The molecule has 0 radical (unpaired) electrons. The van der Waals surface area contributed by atoms with Crippen LogP contribution in [0.2, 0.25) is 0 Å². The van der Waals surface area contributed by atoms with E-state index < -0.39 is 0 Å². The van der Waals surface area contributed by atoms with Crippen LogP contribution >= 0.6 is 0 Å². The van der Waals surface area contributed by atoms with Crippen molar-refractivity contribution in [3.8, 4) is 0 Å². The molecule has 2 aromatic carbocycles. The summed E-state index contributed by atoms with van der Waals surface area (Å²) < 4.78 is 4.84. The summed E-state index contributed by atoms with van der Waals surface area (Å²) in [7, 11) is 1.38. The van der Waals surface area contributed by atoms with Gasteiger partial charge in [0.25, 0.3) is 0 Å². The Labute approximate surface area is 164 Å². The van der Waals surface area contributed by atoms with E-state index in [0.717, 1.165) is 28.6 Å². The van der Waals surface area contributed by atoms with E-state index in [4.69, 9.17) is 4.74 Å². The topological polar surface area (TPSA) is 62.4 Å². The van der Waals surface area contributed by atoms with E-state index in [0.29, 0.717) is 25.1 Å². The fraction of sp³-hybridized carbons (Fsp3) is 0.304. The molecule has 1 amide bonds. The quantitative estimate of drug-likeness (QED) is 0.699. The summed E-state index contributed by atoms with van der Waals surface area (Å²) in [5, 5.41) is 0.992. The second kappa shape index (κ2) is 7.50. The maximum Gasteiger partial charge on any atom is 0.337 e. The second-order valence-electron chi connectivity index (χ2n) is 7.42. The molecule has 1 aliphatic heterocycles. The molecule has 1 N–H and O–H groups in total. The van der Waals surface area contributed by atoms with Crippen molar-refractivity contribution in [2.45, 2.75) is 32.2 Å². The van der Waals surface area contributed by atoms with E-state index in [1.54, 1.807) is 6.07 Å². The molecule has 1 aliphatic rings. The minimum absolute atomic E-state index is 0.167. The summed E-state index contributed by atoms with van der Waals surface area (Å²) in [4.78, 5) is 30.2. The third-order valence-electron chi connectivity index (χ3n) is 5.60. The van der Waals surface area contributed by atoms with Crippen LogP contribution in [0.5, 0.6) is 0 Å². The number of carbonyl (C=O) groups excluding carboxylic acids is 2. The highest BCUT2D eigenvalue weighted by Gasteiger charge is 2.25. The Morgan fingerprint density at radius 1 is 1.18 bits per heavy atom. The number of carbonyl (C=O) groups is 2. The van der Waals surface area contributed by atoms with Crippen molar-refractivity contribution in [1.29, 1.82) is 0 Å². The van der Waals surface area contributed by atoms with Gasteiger partial charge in [0.05, 0.1) is 12.7 Å². The SMILES string of the molecule is COC(=O)c1ccc2[nH]c3c(c2c1)CN(C(=O)CC(C)c1ccccc1)CC3. The van der Waals surface area contributed by atoms with Gasteiger partial charge < -0.3 is 14.6 Å². The van der Waals surface area contributed by atoms with Crippen LogP contribution in [0.4, 0.5) is 0 Å². The molecule has 0 aliphatic carbocycles. The van der Waals surface area contributed by atoms with Crippen molar-refractivity contribution in [2.75, 3.05) is 13.7 Å². The summed E-state index contributed by atoms with van der Waals surface area (Å²) in [6, 6.07) is 15.7. The average Bonchev–Trinajstić information content (AvgIpc) is 3.10. The maximum absolute atomic E-state index is 12.9. The number of nitrogens with one attached hydrogen (secondary N) is 1. The molecule has 5 nitrogen and oxygen atoms in total. The number of hydrogen-bond acceptors (Lipinski definition) is 3. The third kappa shape index (κ3) is 3.40. The number of methoxy groups -OCH3 is 1. The molecule has 0 bridgehead atoms. The molecule has 0 fully saturated rings. The Kier molecular flexibility index (Phi) is 4.90. The molecular formula is C23H24N2O3. The zero-order valence-electron chi connectivity index (χ0n) is 16.2. The van der Waals surface area contributed by atoms with Crippen molar-refractivity contribution in [3.63, 3.8) is 0 Å². The Hall–Kier alpha value is -3.08. The van der Waals surface area contributed by atoms with Crippen molar-refractivity contribution in [3.05, 3.63) is 70.9 Å². The number of hydrogen-bond donors (Lipinski definition) is 1. The molecule has 2 heterocycles. The first-order chi connectivity index (χ1) is 13.6. The zero-order valence-corrected chi connectivity index (χ0v) is 16.2. The predicted molar refractivity (Wildman–Crippen MR) is 108 cm³/mol. The first-order valence-electron chi connectivity index (χ1n) is 9.61. The minimum atomic E-state index is -0.350. The lowest BCUT2D eigenvalue weighted by Crippen LogP contribution is -2.36.